The van der Waals surface area contributed by atoms with E-state index in [0.717, 1.165) is 44.9 Å². The summed E-state index contributed by atoms with van der Waals surface area (Å²) in [7, 11) is 0. The molecular formula is C17H27NO4. The highest BCUT2D eigenvalue weighted by molar-refractivity contribution is 5.01. The second kappa shape index (κ2) is 7.87. The summed E-state index contributed by atoms with van der Waals surface area (Å²) in [6.07, 6.45) is 10.2. The van der Waals surface area contributed by atoms with Gasteiger partial charge in [0.15, 0.2) is 0 Å². The van der Waals surface area contributed by atoms with Crippen molar-refractivity contribution in [3.05, 3.63) is 12.0 Å². The molecule has 124 valence electrons. The summed E-state index contributed by atoms with van der Waals surface area (Å²) in [5.41, 5.74) is 0. The van der Waals surface area contributed by atoms with Crippen LogP contribution in [0.3, 0.4) is 0 Å². The highest BCUT2D eigenvalue weighted by Crippen LogP contribution is 2.39. The second-order valence-corrected chi connectivity index (χ2v) is 6.51. The minimum absolute atomic E-state index is 0.0410. The van der Waals surface area contributed by atoms with Gasteiger partial charge in [-0.05, 0) is 51.0 Å². The molecule has 0 radical (unpaired) electrons. The Bertz CT molecular complexity index is 431. The number of terminal acetylenes is 1. The first-order valence-electron chi connectivity index (χ1n) is 8.17. The predicted molar refractivity (Wildman–Crippen MR) is 84.3 cm³/mol. The molecule has 5 heteroatoms. The molecule has 2 saturated heterocycles. The Labute approximate surface area is 132 Å². The Kier molecular flexibility index (Phi) is 6.13. The van der Waals surface area contributed by atoms with E-state index >= 15 is 0 Å². The largest absolute Gasteiger partial charge is 0.512 e. The number of aliphatic hydroxyl groups is 4. The molecule has 0 amide bonds. The van der Waals surface area contributed by atoms with Gasteiger partial charge in [0.1, 0.15) is 18.1 Å². The first-order chi connectivity index (χ1) is 10.6. The summed E-state index contributed by atoms with van der Waals surface area (Å²) >= 11 is 0. The van der Waals surface area contributed by atoms with Gasteiger partial charge >= 0.3 is 0 Å². The highest BCUT2D eigenvalue weighted by atomic mass is 16.3. The molecule has 22 heavy (non-hydrogen) atoms. The minimum Gasteiger partial charge on any atom is -0.512 e. The van der Waals surface area contributed by atoms with Gasteiger partial charge in [-0.1, -0.05) is 5.92 Å². The van der Waals surface area contributed by atoms with Crippen LogP contribution in [0, 0.1) is 18.3 Å². The number of fused-ring (bicyclic) bond motifs is 1. The van der Waals surface area contributed by atoms with Gasteiger partial charge in [-0.15, -0.1) is 6.42 Å². The molecule has 2 heterocycles. The maximum absolute atomic E-state index is 9.98. The van der Waals surface area contributed by atoms with Crippen molar-refractivity contribution in [1.82, 2.24) is 4.90 Å². The molecule has 0 aromatic heterocycles. The van der Waals surface area contributed by atoms with Crippen LogP contribution in [0.2, 0.25) is 0 Å². The van der Waals surface area contributed by atoms with Crippen molar-refractivity contribution in [2.75, 3.05) is 6.54 Å². The predicted octanol–water partition coefficient (Wildman–Crippen LogP) is 1.71. The van der Waals surface area contributed by atoms with Crippen LogP contribution in [0.1, 0.15) is 44.9 Å². The van der Waals surface area contributed by atoms with E-state index in [1.54, 1.807) is 0 Å². The van der Waals surface area contributed by atoms with Crippen LogP contribution >= 0.6 is 0 Å². The average Bonchev–Trinajstić information content (AvgIpc) is 3.02. The number of aliphatic hydroxyl groups excluding tert-OH is 4. The van der Waals surface area contributed by atoms with Crippen LogP contribution in [0.25, 0.3) is 0 Å². The smallest absolute Gasteiger partial charge is 0.140 e. The molecule has 2 rings (SSSR count). The summed E-state index contributed by atoms with van der Waals surface area (Å²) in [6.45, 7) is 1.02. The number of hydrogen-bond acceptors (Lipinski definition) is 5. The molecule has 2 aliphatic rings. The third-order valence-corrected chi connectivity index (χ3v) is 5.20. The van der Waals surface area contributed by atoms with E-state index in [9.17, 15) is 15.3 Å². The Morgan fingerprint density at radius 3 is 2.77 bits per heavy atom. The van der Waals surface area contributed by atoms with Crippen LogP contribution in [0.4, 0.5) is 0 Å². The van der Waals surface area contributed by atoms with Gasteiger partial charge in [-0.2, -0.15) is 0 Å². The van der Waals surface area contributed by atoms with E-state index in [0.29, 0.717) is 24.8 Å². The molecule has 5 atom stereocenters. The van der Waals surface area contributed by atoms with Crippen LogP contribution in [-0.2, 0) is 0 Å². The maximum atomic E-state index is 9.98. The van der Waals surface area contributed by atoms with Gasteiger partial charge in [0.2, 0.25) is 0 Å². The molecule has 0 aromatic rings. The lowest BCUT2D eigenvalue weighted by molar-refractivity contribution is -0.00124. The van der Waals surface area contributed by atoms with Gasteiger partial charge in [0.05, 0.1) is 6.10 Å². The summed E-state index contributed by atoms with van der Waals surface area (Å²) in [5.74, 6) is 2.74. The fourth-order valence-electron chi connectivity index (χ4n) is 4.05. The summed E-state index contributed by atoms with van der Waals surface area (Å²) in [4.78, 5) is 2.44. The number of rotatable bonds is 6. The zero-order valence-electron chi connectivity index (χ0n) is 12.9. The maximum Gasteiger partial charge on any atom is 0.140 e. The third-order valence-electron chi connectivity index (χ3n) is 5.20. The normalized spacial score (nSPS) is 32.2. The molecule has 0 saturated carbocycles. The van der Waals surface area contributed by atoms with E-state index in [2.05, 4.69) is 10.8 Å². The Morgan fingerprint density at radius 1 is 1.32 bits per heavy atom. The van der Waals surface area contributed by atoms with Crippen molar-refractivity contribution in [3.63, 3.8) is 0 Å². The third kappa shape index (κ3) is 3.95. The quantitative estimate of drug-likeness (QED) is 0.443. The Morgan fingerprint density at radius 2 is 2.09 bits per heavy atom. The summed E-state index contributed by atoms with van der Waals surface area (Å²) in [6, 6.07) is 0.740. The minimum atomic E-state index is -1.09. The number of hydrogen-bond donors (Lipinski definition) is 4. The van der Waals surface area contributed by atoms with Gasteiger partial charge < -0.3 is 20.4 Å². The number of piperidine rings is 1. The fourth-order valence-corrected chi connectivity index (χ4v) is 4.05. The molecule has 2 fully saturated rings. The molecule has 5 nitrogen and oxygen atoms in total. The summed E-state index contributed by atoms with van der Waals surface area (Å²) < 4.78 is 0. The monoisotopic (exact) mass is 309 g/mol. The van der Waals surface area contributed by atoms with E-state index in [-0.39, 0.29) is 11.8 Å². The lowest BCUT2D eigenvalue weighted by Crippen LogP contribution is -2.49. The first kappa shape index (κ1) is 17.1. The number of allylic oxidation sites excluding steroid dienone is 1. The van der Waals surface area contributed by atoms with Crippen molar-refractivity contribution in [3.8, 4) is 12.3 Å². The SMILES string of the molecule is C#CC(O)C(O)CC1CCC(CCC(O)=CO)C2CCCN12. The van der Waals surface area contributed by atoms with Gasteiger partial charge in [-0.25, -0.2) is 0 Å². The fraction of sp³-hybridized carbons (Fsp3) is 0.765. The van der Waals surface area contributed by atoms with Crippen molar-refractivity contribution in [2.45, 2.75) is 69.2 Å². The first-order valence-corrected chi connectivity index (χ1v) is 8.17. The molecule has 0 bridgehead atoms. The standard InChI is InChI=1S/C17H27NO4/c1-2-16(21)17(22)10-13-7-5-12(6-8-14(20)11-19)15-4-3-9-18(13)15/h1,11-13,15-17,19-22H,3-10H2. The second-order valence-electron chi connectivity index (χ2n) is 6.51. The van der Waals surface area contributed by atoms with Crippen LogP contribution in [-0.4, -0.2) is 56.2 Å². The molecule has 0 spiro atoms. The van der Waals surface area contributed by atoms with Crippen LogP contribution in [0.5, 0.6) is 0 Å². The van der Waals surface area contributed by atoms with E-state index in [4.69, 9.17) is 11.5 Å². The molecular weight excluding hydrogens is 282 g/mol. The van der Waals surface area contributed by atoms with Crippen LogP contribution < -0.4 is 0 Å². The van der Waals surface area contributed by atoms with Gasteiger partial charge in [0.25, 0.3) is 0 Å². The van der Waals surface area contributed by atoms with E-state index < -0.39 is 12.2 Å². The molecule has 0 aliphatic carbocycles. The Balaban J connectivity index is 1.92. The molecule has 2 aliphatic heterocycles. The molecule has 4 N–H and O–H groups in total. The van der Waals surface area contributed by atoms with Crippen molar-refractivity contribution in [2.24, 2.45) is 5.92 Å². The molecule has 0 aromatic carbocycles. The van der Waals surface area contributed by atoms with Gasteiger partial charge in [-0.3, -0.25) is 4.90 Å². The zero-order valence-corrected chi connectivity index (χ0v) is 12.9. The van der Waals surface area contributed by atoms with E-state index in [1.807, 2.05) is 0 Å². The van der Waals surface area contributed by atoms with Crippen molar-refractivity contribution < 1.29 is 20.4 Å². The lowest BCUT2D eigenvalue weighted by Gasteiger charge is -2.43. The van der Waals surface area contributed by atoms with Gasteiger partial charge in [0, 0.05) is 18.5 Å². The Hall–Kier alpha value is -1.22. The van der Waals surface area contributed by atoms with Crippen molar-refractivity contribution >= 4 is 0 Å². The topological polar surface area (TPSA) is 84.2 Å². The van der Waals surface area contributed by atoms with E-state index in [1.165, 1.54) is 0 Å². The lowest BCUT2D eigenvalue weighted by atomic mass is 9.81. The summed E-state index contributed by atoms with van der Waals surface area (Å²) in [5, 5.41) is 37.7. The van der Waals surface area contributed by atoms with Crippen molar-refractivity contribution in [1.29, 1.82) is 0 Å². The highest BCUT2D eigenvalue weighted by Gasteiger charge is 2.40. The molecule has 5 unspecified atom stereocenters. The zero-order chi connectivity index (χ0) is 16.1. The number of nitrogens with zero attached hydrogens (tertiary/aromatic N) is 1. The average molecular weight is 309 g/mol. The van der Waals surface area contributed by atoms with Crippen LogP contribution in [0.15, 0.2) is 12.0 Å².